The Kier molecular flexibility index (Phi) is 7.03. The Morgan fingerprint density at radius 2 is 1.58 bits per heavy atom. The van der Waals surface area contributed by atoms with Gasteiger partial charge in [0.15, 0.2) is 0 Å². The van der Waals surface area contributed by atoms with E-state index in [0.29, 0.717) is 0 Å². The van der Waals surface area contributed by atoms with Crippen LogP contribution in [0.25, 0.3) is 0 Å². The average Bonchev–Trinajstić information content (AvgIpc) is 2.48. The average molecular weight is 337 g/mol. The van der Waals surface area contributed by atoms with Crippen molar-refractivity contribution in [2.24, 2.45) is 0 Å². The lowest BCUT2D eigenvalue weighted by atomic mass is 10.1. The molecule has 0 aromatic heterocycles. The summed E-state index contributed by atoms with van der Waals surface area (Å²) in [5.74, 6) is -0.996. The van der Waals surface area contributed by atoms with E-state index < -0.39 is 17.7 Å². The number of benzene rings is 1. The molecule has 3 amide bonds. The van der Waals surface area contributed by atoms with Crippen molar-refractivity contribution < 1.29 is 24.2 Å². The minimum atomic E-state index is -0.996. The van der Waals surface area contributed by atoms with E-state index in [1.54, 1.807) is 32.9 Å². The van der Waals surface area contributed by atoms with E-state index in [1.165, 1.54) is 12.1 Å². The first-order valence-corrected chi connectivity index (χ1v) is 7.48. The SMILES string of the molecule is CC(C)(C)OC(=O)NCCNC(=O)NCc1ccc(C(=O)O)cc1. The van der Waals surface area contributed by atoms with Crippen LogP contribution in [0.3, 0.4) is 0 Å². The maximum Gasteiger partial charge on any atom is 0.407 e. The number of carboxylic acids is 1. The van der Waals surface area contributed by atoms with Crippen molar-refractivity contribution in [2.75, 3.05) is 13.1 Å². The third-order valence-corrected chi connectivity index (χ3v) is 2.73. The Morgan fingerprint density at radius 3 is 2.12 bits per heavy atom. The molecule has 0 bridgehead atoms. The molecule has 8 nitrogen and oxygen atoms in total. The number of carbonyl (C=O) groups excluding carboxylic acids is 2. The Hall–Kier alpha value is -2.77. The van der Waals surface area contributed by atoms with Gasteiger partial charge >= 0.3 is 18.1 Å². The molecule has 0 aliphatic rings. The van der Waals surface area contributed by atoms with Crippen LogP contribution in [0.5, 0.6) is 0 Å². The number of ether oxygens (including phenoxy) is 1. The standard InChI is InChI=1S/C16H23N3O5/c1-16(2,3)24-15(23)18-9-8-17-14(22)19-10-11-4-6-12(7-5-11)13(20)21/h4-7H,8-10H2,1-3H3,(H,18,23)(H,20,21)(H2,17,19,22). The Morgan fingerprint density at radius 1 is 1.00 bits per heavy atom. The molecule has 24 heavy (non-hydrogen) atoms. The smallest absolute Gasteiger partial charge is 0.407 e. The van der Waals surface area contributed by atoms with Crippen molar-refractivity contribution in [2.45, 2.75) is 32.9 Å². The zero-order valence-electron chi connectivity index (χ0n) is 14.0. The second-order valence-corrected chi connectivity index (χ2v) is 6.04. The minimum absolute atomic E-state index is 0.191. The van der Waals surface area contributed by atoms with Gasteiger partial charge < -0.3 is 25.8 Å². The van der Waals surface area contributed by atoms with Crippen molar-refractivity contribution in [1.29, 1.82) is 0 Å². The van der Waals surface area contributed by atoms with Crippen molar-refractivity contribution >= 4 is 18.1 Å². The van der Waals surface area contributed by atoms with E-state index >= 15 is 0 Å². The number of amides is 3. The second kappa shape index (κ2) is 8.76. The molecule has 4 N–H and O–H groups in total. The molecule has 0 heterocycles. The van der Waals surface area contributed by atoms with Crippen molar-refractivity contribution in [3.63, 3.8) is 0 Å². The third kappa shape index (κ3) is 8.02. The largest absolute Gasteiger partial charge is 0.478 e. The van der Waals surface area contributed by atoms with Crippen molar-refractivity contribution in [3.05, 3.63) is 35.4 Å². The fourth-order valence-electron chi connectivity index (χ4n) is 1.66. The van der Waals surface area contributed by atoms with E-state index in [1.807, 2.05) is 0 Å². The Balaban J connectivity index is 2.20. The molecule has 0 fully saturated rings. The monoisotopic (exact) mass is 337 g/mol. The molecule has 1 aromatic rings. The van der Waals surface area contributed by atoms with E-state index in [0.717, 1.165) is 5.56 Å². The molecule has 1 aromatic carbocycles. The van der Waals surface area contributed by atoms with Crippen LogP contribution in [0.4, 0.5) is 9.59 Å². The molecule has 0 spiro atoms. The molecular weight excluding hydrogens is 314 g/mol. The summed E-state index contributed by atoms with van der Waals surface area (Å²) in [6.07, 6.45) is -0.539. The van der Waals surface area contributed by atoms with Gasteiger partial charge in [0.2, 0.25) is 0 Å². The topological polar surface area (TPSA) is 117 Å². The maximum absolute atomic E-state index is 11.6. The summed E-state index contributed by atoms with van der Waals surface area (Å²) in [5.41, 5.74) is 0.406. The van der Waals surface area contributed by atoms with Crippen LogP contribution in [0, 0.1) is 0 Å². The fraction of sp³-hybridized carbons (Fsp3) is 0.438. The normalized spacial score (nSPS) is 10.6. The number of carbonyl (C=O) groups is 3. The van der Waals surface area contributed by atoms with E-state index in [9.17, 15) is 14.4 Å². The van der Waals surface area contributed by atoms with Gasteiger partial charge in [-0.25, -0.2) is 14.4 Å². The fourth-order valence-corrected chi connectivity index (χ4v) is 1.66. The lowest BCUT2D eigenvalue weighted by molar-refractivity contribution is 0.0527. The van der Waals surface area contributed by atoms with Crippen LogP contribution < -0.4 is 16.0 Å². The molecule has 0 atom stereocenters. The maximum atomic E-state index is 11.6. The van der Waals surface area contributed by atoms with E-state index in [-0.39, 0.29) is 31.2 Å². The van der Waals surface area contributed by atoms with Gasteiger partial charge in [0.1, 0.15) is 5.60 Å². The molecule has 0 aliphatic heterocycles. The molecule has 0 radical (unpaired) electrons. The van der Waals surface area contributed by atoms with Gasteiger partial charge in [0.25, 0.3) is 0 Å². The lowest BCUT2D eigenvalue weighted by Crippen LogP contribution is -2.41. The summed E-state index contributed by atoms with van der Waals surface area (Å²) in [6.45, 7) is 6.06. The van der Waals surface area contributed by atoms with Gasteiger partial charge in [0, 0.05) is 19.6 Å². The van der Waals surface area contributed by atoms with Gasteiger partial charge in [0.05, 0.1) is 5.56 Å². The number of aromatic carboxylic acids is 1. The van der Waals surface area contributed by atoms with Crippen molar-refractivity contribution in [1.82, 2.24) is 16.0 Å². The Labute approximate surface area is 140 Å². The molecule has 8 heteroatoms. The van der Waals surface area contributed by atoms with E-state index in [4.69, 9.17) is 9.84 Å². The molecule has 0 saturated carbocycles. The molecule has 0 aliphatic carbocycles. The molecule has 1 rings (SSSR count). The lowest BCUT2D eigenvalue weighted by Gasteiger charge is -2.19. The summed E-state index contributed by atoms with van der Waals surface area (Å²) in [4.78, 5) is 33.7. The number of urea groups is 1. The number of rotatable bonds is 6. The highest BCUT2D eigenvalue weighted by atomic mass is 16.6. The number of alkyl carbamates (subject to hydrolysis) is 1. The number of hydrogen-bond acceptors (Lipinski definition) is 4. The van der Waals surface area contributed by atoms with E-state index in [2.05, 4.69) is 16.0 Å². The third-order valence-electron chi connectivity index (χ3n) is 2.73. The van der Waals surface area contributed by atoms with Gasteiger partial charge in [-0.1, -0.05) is 12.1 Å². The van der Waals surface area contributed by atoms with Gasteiger partial charge in [-0.05, 0) is 38.5 Å². The minimum Gasteiger partial charge on any atom is -0.478 e. The summed E-state index contributed by atoms with van der Waals surface area (Å²) in [6, 6.07) is 5.83. The summed E-state index contributed by atoms with van der Waals surface area (Å²) < 4.78 is 5.06. The van der Waals surface area contributed by atoms with Crippen LogP contribution >= 0.6 is 0 Å². The molecule has 0 saturated heterocycles. The highest BCUT2D eigenvalue weighted by Gasteiger charge is 2.15. The first-order valence-electron chi connectivity index (χ1n) is 7.48. The number of hydrogen-bond donors (Lipinski definition) is 4. The van der Waals surface area contributed by atoms with Crippen LogP contribution in [0.1, 0.15) is 36.7 Å². The number of nitrogens with one attached hydrogen (secondary N) is 3. The summed E-state index contributed by atoms with van der Waals surface area (Å²) >= 11 is 0. The van der Waals surface area contributed by atoms with Crippen LogP contribution in [0.15, 0.2) is 24.3 Å². The summed E-state index contributed by atoms with van der Waals surface area (Å²) in [7, 11) is 0. The zero-order valence-corrected chi connectivity index (χ0v) is 14.0. The van der Waals surface area contributed by atoms with Crippen LogP contribution in [-0.2, 0) is 11.3 Å². The molecule has 132 valence electrons. The molecule has 0 unspecified atom stereocenters. The zero-order chi connectivity index (χ0) is 18.2. The molecular formula is C16H23N3O5. The van der Waals surface area contributed by atoms with Gasteiger partial charge in [-0.2, -0.15) is 0 Å². The Bertz CT molecular complexity index is 578. The first kappa shape index (κ1) is 19.3. The van der Waals surface area contributed by atoms with Crippen LogP contribution in [0.2, 0.25) is 0 Å². The highest BCUT2D eigenvalue weighted by Crippen LogP contribution is 2.06. The number of carboxylic acid groups (broad SMARTS) is 1. The van der Waals surface area contributed by atoms with Gasteiger partial charge in [-0.3, -0.25) is 0 Å². The van der Waals surface area contributed by atoms with Gasteiger partial charge in [-0.15, -0.1) is 0 Å². The predicted molar refractivity (Wildman–Crippen MR) is 87.9 cm³/mol. The second-order valence-electron chi connectivity index (χ2n) is 6.04. The predicted octanol–water partition coefficient (Wildman–Crippen LogP) is 1.71. The first-order chi connectivity index (χ1) is 11.2. The summed E-state index contributed by atoms with van der Waals surface area (Å²) in [5, 5.41) is 16.5. The quantitative estimate of drug-likeness (QED) is 0.590. The van der Waals surface area contributed by atoms with Crippen molar-refractivity contribution in [3.8, 4) is 0 Å². The van der Waals surface area contributed by atoms with Crippen LogP contribution in [-0.4, -0.2) is 41.9 Å². The highest BCUT2D eigenvalue weighted by molar-refractivity contribution is 5.87.